The predicted molar refractivity (Wildman–Crippen MR) is 120 cm³/mol. The SMILES string of the molecule is COc1ccc(OC)c(NC(=O)C2CC(C(C)C)NC23C(=O)Nc2c(C)cccc23)c1. The molecule has 2 aliphatic heterocycles. The number of hydrogen-bond acceptors (Lipinski definition) is 5. The molecule has 1 saturated heterocycles. The Morgan fingerprint density at radius 2 is 1.97 bits per heavy atom. The van der Waals surface area contributed by atoms with Crippen molar-refractivity contribution in [2.75, 3.05) is 24.9 Å². The lowest BCUT2D eigenvalue weighted by atomic mass is 9.79. The minimum Gasteiger partial charge on any atom is -0.497 e. The molecule has 1 fully saturated rings. The van der Waals surface area contributed by atoms with Gasteiger partial charge in [0.25, 0.3) is 0 Å². The van der Waals surface area contributed by atoms with E-state index >= 15 is 0 Å². The topological polar surface area (TPSA) is 88.7 Å². The molecule has 1 spiro atoms. The van der Waals surface area contributed by atoms with Crippen LogP contribution in [0.4, 0.5) is 11.4 Å². The number of hydrogen-bond donors (Lipinski definition) is 3. The minimum atomic E-state index is -1.10. The molecule has 2 aromatic rings. The van der Waals surface area contributed by atoms with Crippen LogP contribution in [0.5, 0.6) is 11.5 Å². The molecule has 0 saturated carbocycles. The lowest BCUT2D eigenvalue weighted by molar-refractivity contribution is -0.130. The van der Waals surface area contributed by atoms with Gasteiger partial charge in [0, 0.05) is 23.4 Å². The van der Waals surface area contributed by atoms with Crippen molar-refractivity contribution in [3.63, 3.8) is 0 Å². The van der Waals surface area contributed by atoms with Crippen molar-refractivity contribution in [3.8, 4) is 11.5 Å². The molecule has 0 aliphatic carbocycles. The van der Waals surface area contributed by atoms with Crippen molar-refractivity contribution in [2.24, 2.45) is 11.8 Å². The molecule has 3 atom stereocenters. The van der Waals surface area contributed by atoms with Crippen LogP contribution in [-0.2, 0) is 15.1 Å². The molecule has 31 heavy (non-hydrogen) atoms. The fraction of sp³-hybridized carbons (Fsp3) is 0.417. The van der Waals surface area contributed by atoms with Gasteiger partial charge < -0.3 is 20.1 Å². The summed E-state index contributed by atoms with van der Waals surface area (Å²) in [5.74, 6) is 0.405. The zero-order chi connectivity index (χ0) is 22.3. The normalized spacial score (nSPS) is 24.3. The van der Waals surface area contributed by atoms with E-state index in [9.17, 15) is 9.59 Å². The van der Waals surface area contributed by atoms with Crippen LogP contribution < -0.4 is 25.4 Å². The Hall–Kier alpha value is -3.06. The van der Waals surface area contributed by atoms with Gasteiger partial charge in [0.15, 0.2) is 0 Å². The number of rotatable bonds is 5. The fourth-order valence-corrected chi connectivity index (χ4v) is 4.74. The van der Waals surface area contributed by atoms with Crippen LogP contribution in [0.15, 0.2) is 36.4 Å². The van der Waals surface area contributed by atoms with E-state index in [1.165, 1.54) is 0 Å². The van der Waals surface area contributed by atoms with E-state index in [1.54, 1.807) is 32.4 Å². The summed E-state index contributed by atoms with van der Waals surface area (Å²) in [5, 5.41) is 9.55. The number of anilines is 2. The molecule has 3 unspecified atom stereocenters. The van der Waals surface area contributed by atoms with Gasteiger partial charge in [-0.2, -0.15) is 0 Å². The summed E-state index contributed by atoms with van der Waals surface area (Å²) in [6, 6.07) is 11.1. The second-order valence-electron chi connectivity index (χ2n) is 8.60. The van der Waals surface area contributed by atoms with Gasteiger partial charge in [-0.1, -0.05) is 32.0 Å². The fourth-order valence-electron chi connectivity index (χ4n) is 4.74. The van der Waals surface area contributed by atoms with Crippen LogP contribution in [-0.4, -0.2) is 32.1 Å². The van der Waals surface area contributed by atoms with Crippen LogP contribution in [0.2, 0.25) is 0 Å². The first-order valence-electron chi connectivity index (χ1n) is 10.5. The van der Waals surface area contributed by atoms with E-state index in [-0.39, 0.29) is 23.8 Å². The van der Waals surface area contributed by atoms with Gasteiger partial charge >= 0.3 is 0 Å². The van der Waals surface area contributed by atoms with Crippen LogP contribution in [0, 0.1) is 18.8 Å². The summed E-state index contributed by atoms with van der Waals surface area (Å²) >= 11 is 0. The number of methoxy groups -OCH3 is 2. The summed E-state index contributed by atoms with van der Waals surface area (Å²) in [4.78, 5) is 27.0. The van der Waals surface area contributed by atoms with E-state index < -0.39 is 11.5 Å². The Labute approximate surface area is 182 Å². The minimum absolute atomic E-state index is 0.0279. The molecule has 2 aromatic carbocycles. The van der Waals surface area contributed by atoms with E-state index in [0.29, 0.717) is 23.6 Å². The summed E-state index contributed by atoms with van der Waals surface area (Å²) in [6.45, 7) is 6.16. The number of carbonyl (C=O) groups is 2. The quantitative estimate of drug-likeness (QED) is 0.686. The maximum atomic E-state index is 13.6. The standard InChI is InChI=1S/C24H29N3O4/c1-13(2)18-12-17(22(28)25-19-11-15(30-4)9-10-20(19)31-5)24(27-18)16-8-6-7-14(3)21(16)26-23(24)29/h6-11,13,17-18,27H,12H2,1-5H3,(H,25,28)(H,26,29). The number of fused-ring (bicyclic) bond motifs is 2. The largest absolute Gasteiger partial charge is 0.497 e. The number of benzene rings is 2. The number of aryl methyl sites for hydroxylation is 1. The zero-order valence-corrected chi connectivity index (χ0v) is 18.5. The molecular formula is C24H29N3O4. The number of carbonyl (C=O) groups excluding carboxylic acids is 2. The average Bonchev–Trinajstić information content (AvgIpc) is 3.29. The van der Waals surface area contributed by atoms with E-state index in [1.807, 2.05) is 25.1 Å². The van der Waals surface area contributed by atoms with Crippen molar-refractivity contribution in [3.05, 3.63) is 47.5 Å². The Bertz CT molecular complexity index is 1040. The molecule has 164 valence electrons. The van der Waals surface area contributed by atoms with Gasteiger partial charge in [0.1, 0.15) is 17.0 Å². The summed E-state index contributed by atoms with van der Waals surface area (Å²) in [6.07, 6.45) is 0.552. The van der Waals surface area contributed by atoms with Crippen molar-refractivity contribution in [1.82, 2.24) is 5.32 Å². The lowest BCUT2D eigenvalue weighted by Crippen LogP contribution is -2.52. The van der Waals surface area contributed by atoms with Crippen LogP contribution >= 0.6 is 0 Å². The molecule has 3 N–H and O–H groups in total. The van der Waals surface area contributed by atoms with Gasteiger partial charge in [-0.05, 0) is 37.0 Å². The molecule has 0 radical (unpaired) electrons. The van der Waals surface area contributed by atoms with Crippen molar-refractivity contribution < 1.29 is 19.1 Å². The number of nitrogens with one attached hydrogen (secondary N) is 3. The Balaban J connectivity index is 1.76. The number of ether oxygens (including phenoxy) is 2. The first-order valence-corrected chi connectivity index (χ1v) is 10.5. The Morgan fingerprint density at radius 1 is 1.19 bits per heavy atom. The number of para-hydroxylation sites is 1. The Kier molecular flexibility index (Phi) is 5.39. The van der Waals surface area contributed by atoms with Crippen molar-refractivity contribution >= 4 is 23.2 Å². The number of amides is 2. The smallest absolute Gasteiger partial charge is 0.250 e. The molecule has 0 bridgehead atoms. The third-order valence-corrected chi connectivity index (χ3v) is 6.51. The molecule has 2 amide bonds. The summed E-state index contributed by atoms with van der Waals surface area (Å²) in [5.41, 5.74) is 2.01. The molecule has 7 nitrogen and oxygen atoms in total. The van der Waals surface area contributed by atoms with Crippen molar-refractivity contribution in [1.29, 1.82) is 0 Å². The van der Waals surface area contributed by atoms with Gasteiger partial charge in [-0.15, -0.1) is 0 Å². The van der Waals surface area contributed by atoms with Crippen molar-refractivity contribution in [2.45, 2.75) is 38.8 Å². The van der Waals surface area contributed by atoms with Gasteiger partial charge in [-0.3, -0.25) is 14.9 Å². The maximum Gasteiger partial charge on any atom is 0.250 e. The predicted octanol–water partition coefficient (Wildman–Crippen LogP) is 3.43. The highest BCUT2D eigenvalue weighted by Gasteiger charge is 2.60. The monoisotopic (exact) mass is 423 g/mol. The van der Waals surface area contributed by atoms with Crippen LogP contribution in [0.1, 0.15) is 31.4 Å². The Morgan fingerprint density at radius 3 is 2.65 bits per heavy atom. The molecule has 7 heteroatoms. The highest BCUT2D eigenvalue weighted by molar-refractivity contribution is 6.11. The van der Waals surface area contributed by atoms with E-state index in [2.05, 4.69) is 29.8 Å². The highest BCUT2D eigenvalue weighted by atomic mass is 16.5. The zero-order valence-electron chi connectivity index (χ0n) is 18.5. The third kappa shape index (κ3) is 3.33. The van der Waals surface area contributed by atoms with Crippen LogP contribution in [0.3, 0.4) is 0 Å². The summed E-state index contributed by atoms with van der Waals surface area (Å²) in [7, 11) is 3.12. The lowest BCUT2D eigenvalue weighted by Gasteiger charge is -2.30. The van der Waals surface area contributed by atoms with Gasteiger partial charge in [0.05, 0.1) is 25.8 Å². The molecule has 4 rings (SSSR count). The first-order chi connectivity index (χ1) is 14.8. The summed E-state index contributed by atoms with van der Waals surface area (Å²) < 4.78 is 10.7. The first kappa shape index (κ1) is 21.2. The van der Waals surface area contributed by atoms with E-state index in [4.69, 9.17) is 9.47 Å². The van der Waals surface area contributed by atoms with Crippen LogP contribution in [0.25, 0.3) is 0 Å². The van der Waals surface area contributed by atoms with Gasteiger partial charge in [-0.25, -0.2) is 0 Å². The second kappa shape index (κ2) is 7.89. The molecular weight excluding hydrogens is 394 g/mol. The highest BCUT2D eigenvalue weighted by Crippen LogP contribution is 2.49. The van der Waals surface area contributed by atoms with E-state index in [0.717, 1.165) is 16.8 Å². The second-order valence-corrected chi connectivity index (χ2v) is 8.60. The molecule has 2 heterocycles. The third-order valence-electron chi connectivity index (χ3n) is 6.51. The molecule has 2 aliphatic rings. The average molecular weight is 424 g/mol. The maximum absolute atomic E-state index is 13.6. The molecule has 0 aromatic heterocycles. The van der Waals surface area contributed by atoms with Gasteiger partial charge in [0.2, 0.25) is 11.8 Å².